The van der Waals surface area contributed by atoms with Crippen molar-refractivity contribution >= 4 is 31.5 Å². The lowest BCUT2D eigenvalue weighted by atomic mass is 9.82. The second-order valence-corrected chi connectivity index (χ2v) is 15.1. The van der Waals surface area contributed by atoms with Gasteiger partial charge in [0, 0.05) is 35.8 Å². The number of benzene rings is 3. The third-order valence-corrected chi connectivity index (χ3v) is 10.6. The molecule has 2 N–H and O–H groups in total. The zero-order valence-corrected chi connectivity index (χ0v) is 23.7. The fraction of sp³-hybridized carbons (Fsp3) is 0.355. The van der Waals surface area contributed by atoms with E-state index in [-0.39, 0.29) is 42.8 Å². The summed E-state index contributed by atoms with van der Waals surface area (Å²) in [6.07, 6.45) is -0.634. The molecule has 204 valence electrons. The molecule has 7 nitrogen and oxygen atoms in total. The molecule has 1 saturated heterocycles. The van der Waals surface area contributed by atoms with E-state index in [1.54, 1.807) is 9.80 Å². The Bertz CT molecular complexity index is 1330. The van der Waals surface area contributed by atoms with Crippen LogP contribution in [-0.4, -0.2) is 54.2 Å². The zero-order chi connectivity index (χ0) is 27.8. The van der Waals surface area contributed by atoms with Gasteiger partial charge in [0.15, 0.2) is 13.9 Å². The van der Waals surface area contributed by atoms with Crippen LogP contribution in [0.5, 0.6) is 0 Å². The van der Waals surface area contributed by atoms with E-state index in [9.17, 15) is 19.5 Å². The first-order chi connectivity index (χ1) is 18.7. The molecule has 4 atom stereocenters. The Hall–Kier alpha value is -3.30. The predicted molar refractivity (Wildman–Crippen MR) is 153 cm³/mol. The van der Waals surface area contributed by atoms with Crippen molar-refractivity contribution in [1.29, 1.82) is 0 Å². The Kier molecular flexibility index (Phi) is 7.48. The van der Waals surface area contributed by atoms with Crippen molar-refractivity contribution in [1.82, 2.24) is 4.90 Å². The number of hydrogen-bond donors (Lipinski definition) is 2. The molecule has 0 unspecified atom stereocenters. The summed E-state index contributed by atoms with van der Waals surface area (Å²) in [4.78, 5) is 42.8. The lowest BCUT2D eigenvalue weighted by molar-refractivity contribution is -0.149. The Morgan fingerprint density at radius 1 is 1.00 bits per heavy atom. The second-order valence-electron chi connectivity index (χ2n) is 11.1. The van der Waals surface area contributed by atoms with E-state index in [2.05, 4.69) is 0 Å². The van der Waals surface area contributed by atoms with Crippen LogP contribution >= 0.6 is 0 Å². The highest BCUT2D eigenvalue weighted by atomic mass is 28.4. The molecular formula is C31H36N2O5Si. The molecule has 0 aromatic heterocycles. The molecule has 0 bridgehead atoms. The van der Waals surface area contributed by atoms with E-state index < -0.39 is 20.0 Å². The molecule has 5 rings (SSSR count). The van der Waals surface area contributed by atoms with E-state index in [0.717, 1.165) is 22.5 Å². The van der Waals surface area contributed by atoms with Crippen molar-refractivity contribution in [3.8, 4) is 0 Å². The molecule has 0 radical (unpaired) electrons. The van der Waals surface area contributed by atoms with Crippen molar-refractivity contribution in [2.45, 2.75) is 50.2 Å². The van der Waals surface area contributed by atoms with Crippen molar-refractivity contribution in [3.63, 3.8) is 0 Å². The first-order valence-electron chi connectivity index (χ1n) is 13.5. The summed E-state index contributed by atoms with van der Waals surface area (Å²) in [7, 11) is -2.91. The minimum Gasteiger partial charge on any atom is -0.432 e. The van der Waals surface area contributed by atoms with Gasteiger partial charge < -0.3 is 19.5 Å². The molecule has 2 aliphatic heterocycles. The van der Waals surface area contributed by atoms with Gasteiger partial charge in [0.2, 0.25) is 5.91 Å². The van der Waals surface area contributed by atoms with Crippen LogP contribution < -0.4 is 4.90 Å². The number of para-hydroxylation sites is 2. The van der Waals surface area contributed by atoms with Crippen LogP contribution in [0, 0.1) is 5.92 Å². The highest BCUT2D eigenvalue weighted by Crippen LogP contribution is 2.60. The van der Waals surface area contributed by atoms with Crippen molar-refractivity contribution in [2.24, 2.45) is 5.92 Å². The first kappa shape index (κ1) is 27.3. The Morgan fingerprint density at radius 2 is 1.62 bits per heavy atom. The molecule has 39 heavy (non-hydrogen) atoms. The van der Waals surface area contributed by atoms with E-state index in [1.807, 2.05) is 105 Å². The topological polar surface area (TPSA) is 90.3 Å². The number of nitrogens with zero attached hydrogens (tertiary/aromatic N) is 2. The van der Waals surface area contributed by atoms with Crippen LogP contribution in [0.1, 0.15) is 24.5 Å². The van der Waals surface area contributed by atoms with E-state index in [0.29, 0.717) is 6.54 Å². The smallest absolute Gasteiger partial charge is 0.268 e. The molecule has 2 amide bonds. The quantitative estimate of drug-likeness (QED) is 0.406. The third kappa shape index (κ3) is 4.82. The fourth-order valence-electron chi connectivity index (χ4n) is 6.51. The normalized spacial score (nSPS) is 24.3. The van der Waals surface area contributed by atoms with E-state index >= 15 is 0 Å². The molecule has 1 fully saturated rings. The van der Waals surface area contributed by atoms with Gasteiger partial charge in [0.25, 0.3) is 5.91 Å². The molecule has 8 heteroatoms. The summed E-state index contributed by atoms with van der Waals surface area (Å²) in [6, 6.07) is 26.8. The SMILES string of the molecule is C[C@@H]1[C@@H]([Si](C)(C)O)[C@H](CC(=O)N(CCO)Cc2ccccc2)O[C@@]12C(=O)N(c1ccccc1)c1ccccc12. The number of carbonyl (C=O) groups excluding carboxylic acids is 2. The summed E-state index contributed by atoms with van der Waals surface area (Å²) >= 11 is 0. The molecule has 3 aromatic carbocycles. The van der Waals surface area contributed by atoms with Crippen LogP contribution in [0.4, 0.5) is 11.4 Å². The number of ether oxygens (including phenoxy) is 1. The van der Waals surface area contributed by atoms with Gasteiger partial charge in [-0.2, -0.15) is 0 Å². The number of fused-ring (bicyclic) bond motifs is 2. The summed E-state index contributed by atoms with van der Waals surface area (Å²) in [5, 5.41) is 9.69. The number of anilines is 2. The largest absolute Gasteiger partial charge is 0.432 e. The third-order valence-electron chi connectivity index (χ3n) is 8.13. The van der Waals surface area contributed by atoms with Gasteiger partial charge in [-0.3, -0.25) is 14.5 Å². The Labute approximate surface area is 230 Å². The Balaban J connectivity index is 1.51. The maximum atomic E-state index is 14.4. The average Bonchev–Trinajstić information content (AvgIpc) is 3.35. The highest BCUT2D eigenvalue weighted by molar-refractivity contribution is 6.71. The highest BCUT2D eigenvalue weighted by Gasteiger charge is 2.66. The van der Waals surface area contributed by atoms with Crippen LogP contribution in [0.3, 0.4) is 0 Å². The number of aliphatic hydroxyl groups is 1. The number of aliphatic hydroxyl groups excluding tert-OH is 1. The monoisotopic (exact) mass is 544 g/mol. The summed E-state index contributed by atoms with van der Waals surface area (Å²) in [5.41, 5.74) is 1.56. The lowest BCUT2D eigenvalue weighted by Crippen LogP contribution is -2.45. The molecule has 2 heterocycles. The second kappa shape index (κ2) is 10.7. The summed E-state index contributed by atoms with van der Waals surface area (Å²) < 4.78 is 6.77. The summed E-state index contributed by atoms with van der Waals surface area (Å²) in [6.45, 7) is 6.06. The molecule has 0 aliphatic carbocycles. The Morgan fingerprint density at radius 3 is 2.26 bits per heavy atom. The number of carbonyl (C=O) groups is 2. The van der Waals surface area contributed by atoms with Gasteiger partial charge >= 0.3 is 0 Å². The van der Waals surface area contributed by atoms with Crippen LogP contribution in [0.15, 0.2) is 84.9 Å². The zero-order valence-electron chi connectivity index (χ0n) is 22.7. The standard InChI is InChI=1S/C31H36N2O5Si/c1-22-29(39(2,3)37)27(20-28(35)32(18-19-34)21-23-12-6-4-7-13-23)38-31(22)25-16-10-11-17-26(25)33(30(31)36)24-14-8-5-9-15-24/h4-17,22,27,29,34,37H,18-21H2,1-3H3/t22-,27+,29-,31+/m1/s1. The van der Waals surface area contributed by atoms with Crippen LogP contribution in [0.25, 0.3) is 0 Å². The van der Waals surface area contributed by atoms with Gasteiger partial charge in [0.1, 0.15) is 0 Å². The molecule has 0 saturated carbocycles. The van der Waals surface area contributed by atoms with Crippen molar-refractivity contribution < 1.29 is 24.2 Å². The van der Waals surface area contributed by atoms with Crippen molar-refractivity contribution in [2.75, 3.05) is 18.1 Å². The van der Waals surface area contributed by atoms with Gasteiger partial charge in [-0.15, -0.1) is 0 Å². The van der Waals surface area contributed by atoms with Gasteiger partial charge in [-0.05, 0) is 36.9 Å². The molecule has 3 aromatic rings. The van der Waals surface area contributed by atoms with Crippen LogP contribution in [0.2, 0.25) is 18.6 Å². The maximum Gasteiger partial charge on any atom is 0.268 e. The van der Waals surface area contributed by atoms with E-state index in [4.69, 9.17) is 4.74 Å². The minimum atomic E-state index is -2.91. The van der Waals surface area contributed by atoms with E-state index in [1.165, 1.54) is 0 Å². The average molecular weight is 545 g/mol. The lowest BCUT2D eigenvalue weighted by Gasteiger charge is -2.32. The number of hydrogen-bond acceptors (Lipinski definition) is 5. The number of amides is 2. The van der Waals surface area contributed by atoms with Gasteiger partial charge in [0.05, 0.1) is 24.8 Å². The number of rotatable bonds is 8. The molecular weight excluding hydrogens is 508 g/mol. The maximum absolute atomic E-state index is 14.4. The summed E-state index contributed by atoms with van der Waals surface area (Å²) in [5.74, 6) is -0.731. The predicted octanol–water partition coefficient (Wildman–Crippen LogP) is 4.57. The van der Waals surface area contributed by atoms with Crippen molar-refractivity contribution in [3.05, 3.63) is 96.1 Å². The molecule has 1 spiro atoms. The minimum absolute atomic E-state index is 0.0152. The van der Waals surface area contributed by atoms with Crippen LogP contribution in [-0.2, 0) is 26.5 Å². The van der Waals surface area contributed by atoms with Gasteiger partial charge in [-0.25, -0.2) is 0 Å². The fourth-order valence-corrected chi connectivity index (χ4v) is 9.06. The molecule has 2 aliphatic rings. The van der Waals surface area contributed by atoms with Gasteiger partial charge in [-0.1, -0.05) is 73.7 Å². The first-order valence-corrected chi connectivity index (χ1v) is 16.5.